The summed E-state index contributed by atoms with van der Waals surface area (Å²) >= 11 is 5.40. The van der Waals surface area contributed by atoms with E-state index in [1.807, 2.05) is 43.3 Å². The van der Waals surface area contributed by atoms with Crippen LogP contribution in [0.15, 0.2) is 47.3 Å². The zero-order valence-electron chi connectivity index (χ0n) is 13.7. The highest BCUT2D eigenvalue weighted by Crippen LogP contribution is 2.30. The highest BCUT2D eigenvalue weighted by molar-refractivity contribution is 7.71. The van der Waals surface area contributed by atoms with Crippen molar-refractivity contribution in [1.29, 1.82) is 0 Å². The van der Waals surface area contributed by atoms with Gasteiger partial charge in [0.05, 0.1) is 31.2 Å². The van der Waals surface area contributed by atoms with Gasteiger partial charge in [-0.25, -0.2) is 0 Å². The maximum absolute atomic E-state index is 12.9. The standard InChI is InChI=1S/C18H18N2O3S/c1-11(12-8-9-15(22-2)16(10-12)23-3)20-17(21)13-6-4-5-7-14(13)19-18(20)24/h4-11H,1-3H3,(H,19,24)/t11-/m1/s1. The van der Waals surface area contributed by atoms with Crippen molar-refractivity contribution in [3.8, 4) is 11.5 Å². The molecule has 1 N–H and O–H groups in total. The summed E-state index contributed by atoms with van der Waals surface area (Å²) in [7, 11) is 3.17. The highest BCUT2D eigenvalue weighted by Gasteiger charge is 2.15. The predicted octanol–water partition coefficient (Wildman–Crippen LogP) is 3.69. The summed E-state index contributed by atoms with van der Waals surface area (Å²) in [6, 6.07) is 12.7. The Kier molecular flexibility index (Phi) is 4.40. The first-order chi connectivity index (χ1) is 11.6. The zero-order valence-corrected chi connectivity index (χ0v) is 14.5. The normalized spacial score (nSPS) is 12.1. The minimum atomic E-state index is -0.245. The number of para-hydroxylation sites is 1. The Hall–Kier alpha value is -2.60. The van der Waals surface area contributed by atoms with E-state index in [9.17, 15) is 4.79 Å². The molecule has 0 fully saturated rings. The van der Waals surface area contributed by atoms with E-state index in [1.165, 1.54) is 0 Å². The van der Waals surface area contributed by atoms with Gasteiger partial charge in [0.15, 0.2) is 16.3 Å². The molecule has 1 heterocycles. The van der Waals surface area contributed by atoms with Crippen molar-refractivity contribution in [2.45, 2.75) is 13.0 Å². The molecule has 0 spiro atoms. The van der Waals surface area contributed by atoms with Gasteiger partial charge in [-0.15, -0.1) is 0 Å². The molecule has 0 radical (unpaired) electrons. The third kappa shape index (κ3) is 2.69. The van der Waals surface area contributed by atoms with Gasteiger partial charge in [0.25, 0.3) is 5.56 Å². The predicted molar refractivity (Wildman–Crippen MR) is 96.8 cm³/mol. The number of nitrogens with zero attached hydrogens (tertiary/aromatic N) is 1. The molecule has 1 atom stereocenters. The van der Waals surface area contributed by atoms with E-state index < -0.39 is 0 Å². The average Bonchev–Trinajstić information content (AvgIpc) is 2.61. The first-order valence-corrected chi connectivity index (χ1v) is 7.93. The van der Waals surface area contributed by atoms with Crippen molar-refractivity contribution >= 4 is 23.1 Å². The molecule has 2 aromatic carbocycles. The maximum Gasteiger partial charge on any atom is 0.262 e. The van der Waals surface area contributed by atoms with Crippen LogP contribution in [0.25, 0.3) is 10.9 Å². The van der Waals surface area contributed by atoms with E-state index in [2.05, 4.69) is 4.98 Å². The number of methoxy groups -OCH3 is 2. The molecular weight excluding hydrogens is 324 g/mol. The zero-order chi connectivity index (χ0) is 17.3. The Balaban J connectivity index is 2.17. The second-order valence-corrected chi connectivity index (χ2v) is 5.83. The molecule has 124 valence electrons. The smallest absolute Gasteiger partial charge is 0.262 e. The molecule has 0 aliphatic rings. The van der Waals surface area contributed by atoms with Gasteiger partial charge in [-0.1, -0.05) is 18.2 Å². The number of nitrogens with one attached hydrogen (secondary N) is 1. The van der Waals surface area contributed by atoms with Crippen LogP contribution >= 0.6 is 12.2 Å². The minimum absolute atomic E-state index is 0.114. The van der Waals surface area contributed by atoms with Crippen molar-refractivity contribution in [1.82, 2.24) is 9.55 Å². The molecule has 3 aromatic rings. The number of ether oxygens (including phenoxy) is 2. The number of benzene rings is 2. The molecule has 0 aliphatic carbocycles. The van der Waals surface area contributed by atoms with Crippen LogP contribution in [0.1, 0.15) is 18.5 Å². The van der Waals surface area contributed by atoms with E-state index in [1.54, 1.807) is 24.9 Å². The van der Waals surface area contributed by atoms with Crippen molar-refractivity contribution in [2.75, 3.05) is 14.2 Å². The van der Waals surface area contributed by atoms with Gasteiger partial charge >= 0.3 is 0 Å². The topological polar surface area (TPSA) is 56.2 Å². The van der Waals surface area contributed by atoms with E-state index in [0.717, 1.165) is 11.1 Å². The Bertz CT molecular complexity index is 1010. The Labute approximate surface area is 144 Å². The van der Waals surface area contributed by atoms with E-state index >= 15 is 0 Å². The number of fused-ring (bicyclic) bond motifs is 1. The van der Waals surface area contributed by atoms with Crippen molar-refractivity contribution in [3.05, 3.63) is 63.2 Å². The molecule has 1 aromatic heterocycles. The number of aromatic amines is 1. The SMILES string of the molecule is COc1ccc([C@@H](C)n2c(=S)[nH]c3ccccc3c2=O)cc1OC. The molecule has 6 heteroatoms. The lowest BCUT2D eigenvalue weighted by molar-refractivity contribution is 0.354. The van der Waals surface area contributed by atoms with Crippen molar-refractivity contribution in [2.24, 2.45) is 0 Å². The van der Waals surface area contributed by atoms with Crippen molar-refractivity contribution < 1.29 is 9.47 Å². The molecular formula is C18H18N2O3S. The number of aromatic nitrogens is 2. The van der Waals surface area contributed by atoms with Crippen LogP contribution in [-0.2, 0) is 0 Å². The minimum Gasteiger partial charge on any atom is -0.493 e. The Morgan fingerprint density at radius 2 is 1.79 bits per heavy atom. The third-order valence-corrected chi connectivity index (χ3v) is 4.41. The highest BCUT2D eigenvalue weighted by atomic mass is 32.1. The summed E-state index contributed by atoms with van der Waals surface area (Å²) in [5, 5.41) is 0.610. The Morgan fingerprint density at radius 1 is 1.08 bits per heavy atom. The lowest BCUT2D eigenvalue weighted by atomic mass is 10.1. The van der Waals surface area contributed by atoms with Gasteiger partial charge < -0.3 is 14.5 Å². The monoisotopic (exact) mass is 342 g/mol. The van der Waals surface area contributed by atoms with Crippen LogP contribution in [0.5, 0.6) is 11.5 Å². The third-order valence-electron chi connectivity index (χ3n) is 4.11. The van der Waals surface area contributed by atoms with Crippen LogP contribution in [0.3, 0.4) is 0 Å². The molecule has 5 nitrogen and oxygen atoms in total. The van der Waals surface area contributed by atoms with Gasteiger partial charge in [0, 0.05) is 0 Å². The summed E-state index contributed by atoms with van der Waals surface area (Å²) in [5.74, 6) is 1.26. The van der Waals surface area contributed by atoms with Crippen LogP contribution in [-0.4, -0.2) is 23.8 Å². The van der Waals surface area contributed by atoms with E-state index in [4.69, 9.17) is 21.7 Å². The molecule has 0 saturated heterocycles. The van der Waals surface area contributed by atoms with Crippen LogP contribution in [0.4, 0.5) is 0 Å². The quantitative estimate of drug-likeness (QED) is 0.735. The number of hydrogen-bond acceptors (Lipinski definition) is 4. The second-order valence-electron chi connectivity index (χ2n) is 5.44. The van der Waals surface area contributed by atoms with Gasteiger partial charge in [-0.3, -0.25) is 9.36 Å². The maximum atomic E-state index is 12.9. The van der Waals surface area contributed by atoms with Crippen molar-refractivity contribution in [3.63, 3.8) is 0 Å². The number of H-pyrrole nitrogens is 1. The summed E-state index contributed by atoms with van der Waals surface area (Å²) in [6.07, 6.45) is 0. The molecule has 0 amide bonds. The van der Waals surface area contributed by atoms with Crippen LogP contribution in [0, 0.1) is 4.77 Å². The van der Waals surface area contributed by atoms with Gasteiger partial charge in [0.1, 0.15) is 0 Å². The second kappa shape index (κ2) is 6.49. The summed E-state index contributed by atoms with van der Waals surface area (Å²) in [6.45, 7) is 1.93. The van der Waals surface area contributed by atoms with Gasteiger partial charge in [-0.05, 0) is 49.0 Å². The average molecular weight is 342 g/mol. The Morgan fingerprint density at radius 3 is 2.50 bits per heavy atom. The fourth-order valence-electron chi connectivity index (χ4n) is 2.79. The first kappa shape index (κ1) is 16.3. The van der Waals surface area contributed by atoms with Crippen LogP contribution in [0.2, 0.25) is 0 Å². The molecule has 3 rings (SSSR count). The summed E-state index contributed by atoms with van der Waals surface area (Å²) < 4.78 is 12.6. The van der Waals surface area contributed by atoms with E-state index in [-0.39, 0.29) is 11.6 Å². The number of hydrogen-bond donors (Lipinski definition) is 1. The van der Waals surface area contributed by atoms with Gasteiger partial charge in [0.2, 0.25) is 0 Å². The largest absolute Gasteiger partial charge is 0.493 e. The molecule has 24 heavy (non-hydrogen) atoms. The molecule has 0 saturated carbocycles. The summed E-state index contributed by atoms with van der Waals surface area (Å²) in [5.41, 5.74) is 1.53. The molecule has 0 bridgehead atoms. The molecule has 0 aliphatic heterocycles. The molecule has 0 unspecified atom stereocenters. The lowest BCUT2D eigenvalue weighted by Gasteiger charge is -2.18. The van der Waals surface area contributed by atoms with Gasteiger partial charge in [-0.2, -0.15) is 0 Å². The fraction of sp³-hybridized carbons (Fsp3) is 0.222. The number of rotatable bonds is 4. The summed E-state index contributed by atoms with van der Waals surface area (Å²) in [4.78, 5) is 16.0. The first-order valence-electron chi connectivity index (χ1n) is 7.52. The lowest BCUT2D eigenvalue weighted by Crippen LogP contribution is -2.25. The van der Waals surface area contributed by atoms with E-state index in [0.29, 0.717) is 21.7 Å². The fourth-order valence-corrected chi connectivity index (χ4v) is 3.14. The van der Waals surface area contributed by atoms with Crippen LogP contribution < -0.4 is 15.0 Å².